The number of aliphatic hydroxyl groups excluding tert-OH is 1. The molecular formula is C18H37NO6S. The van der Waals surface area contributed by atoms with Crippen molar-refractivity contribution in [3.8, 4) is 0 Å². The Balaban J connectivity index is 2.41. The lowest BCUT2D eigenvalue weighted by molar-refractivity contribution is -0.0221. The van der Waals surface area contributed by atoms with Crippen molar-refractivity contribution in [1.82, 2.24) is 4.90 Å². The number of aliphatic hydroxyl groups is 1. The van der Waals surface area contributed by atoms with E-state index in [0.29, 0.717) is 71.3 Å². The summed E-state index contributed by atoms with van der Waals surface area (Å²) in [4.78, 5) is 2.26. The molecule has 7 nitrogen and oxygen atoms in total. The van der Waals surface area contributed by atoms with Gasteiger partial charge in [0.25, 0.3) is 0 Å². The van der Waals surface area contributed by atoms with E-state index in [1.54, 1.807) is 0 Å². The van der Waals surface area contributed by atoms with E-state index in [2.05, 4.69) is 18.7 Å². The van der Waals surface area contributed by atoms with Crippen LogP contribution in [0.25, 0.3) is 0 Å². The predicted octanol–water partition coefficient (Wildman–Crippen LogP) is 0.888. The Morgan fingerprint density at radius 1 is 0.731 bits per heavy atom. The first-order valence-corrected chi connectivity index (χ1v) is 10.6. The zero-order chi connectivity index (χ0) is 18.9. The van der Waals surface area contributed by atoms with Gasteiger partial charge in [0.2, 0.25) is 0 Å². The molecule has 1 heterocycles. The second-order valence-corrected chi connectivity index (χ2v) is 7.93. The van der Waals surface area contributed by atoms with Gasteiger partial charge in [-0.15, -0.1) is 0 Å². The molecule has 0 aromatic carbocycles. The Bertz CT molecular complexity index is 293. The maximum Gasteiger partial charge on any atom is 0.0701 e. The molecule has 1 aliphatic rings. The monoisotopic (exact) mass is 395 g/mol. The highest BCUT2D eigenvalue weighted by Crippen LogP contribution is 2.14. The van der Waals surface area contributed by atoms with Crippen LogP contribution in [0.1, 0.15) is 13.8 Å². The average molecular weight is 396 g/mol. The number of hydrogen-bond acceptors (Lipinski definition) is 8. The summed E-state index contributed by atoms with van der Waals surface area (Å²) in [7, 11) is 0. The number of ether oxygens (including phenoxy) is 5. The SMILES string of the molecule is CC(C)SC[C@@H](CO)N1CCOCCOCCOCCOCCOCC1. The molecule has 26 heavy (non-hydrogen) atoms. The smallest absolute Gasteiger partial charge is 0.0701 e. The van der Waals surface area contributed by atoms with Gasteiger partial charge in [-0.25, -0.2) is 0 Å². The molecule has 1 rings (SSSR count). The van der Waals surface area contributed by atoms with Gasteiger partial charge in [0.1, 0.15) is 0 Å². The van der Waals surface area contributed by atoms with Crippen molar-refractivity contribution in [2.75, 3.05) is 91.5 Å². The van der Waals surface area contributed by atoms with Crippen LogP contribution in [-0.4, -0.2) is 113 Å². The van der Waals surface area contributed by atoms with Crippen LogP contribution in [-0.2, 0) is 23.7 Å². The first-order chi connectivity index (χ1) is 12.7. The highest BCUT2D eigenvalue weighted by atomic mass is 32.2. The van der Waals surface area contributed by atoms with E-state index in [1.165, 1.54) is 0 Å². The van der Waals surface area contributed by atoms with Crippen LogP contribution in [0, 0.1) is 0 Å². The van der Waals surface area contributed by atoms with Crippen molar-refractivity contribution in [2.24, 2.45) is 0 Å². The van der Waals surface area contributed by atoms with E-state index >= 15 is 0 Å². The van der Waals surface area contributed by atoms with Crippen molar-refractivity contribution < 1.29 is 28.8 Å². The summed E-state index contributed by atoms with van der Waals surface area (Å²) in [5.74, 6) is 0.903. The van der Waals surface area contributed by atoms with Crippen LogP contribution in [0.3, 0.4) is 0 Å². The molecule has 0 aliphatic carbocycles. The second-order valence-electron chi connectivity index (χ2n) is 6.32. The molecule has 0 bridgehead atoms. The zero-order valence-electron chi connectivity index (χ0n) is 16.4. The molecule has 0 amide bonds. The largest absolute Gasteiger partial charge is 0.395 e. The number of hydrogen-bond donors (Lipinski definition) is 1. The van der Waals surface area contributed by atoms with Crippen LogP contribution in [0.4, 0.5) is 0 Å². The topological polar surface area (TPSA) is 69.6 Å². The van der Waals surface area contributed by atoms with Gasteiger partial charge in [0, 0.05) is 24.9 Å². The van der Waals surface area contributed by atoms with Crippen molar-refractivity contribution in [1.29, 1.82) is 0 Å². The van der Waals surface area contributed by atoms with Crippen LogP contribution >= 0.6 is 11.8 Å². The summed E-state index contributed by atoms with van der Waals surface area (Å²) in [6, 6.07) is 0.116. The molecule has 156 valence electrons. The van der Waals surface area contributed by atoms with E-state index in [0.717, 1.165) is 18.8 Å². The van der Waals surface area contributed by atoms with E-state index < -0.39 is 0 Å². The third kappa shape index (κ3) is 13.3. The van der Waals surface area contributed by atoms with Crippen molar-refractivity contribution in [3.05, 3.63) is 0 Å². The van der Waals surface area contributed by atoms with Gasteiger partial charge in [-0.3, -0.25) is 4.90 Å². The second kappa shape index (κ2) is 17.2. The molecular weight excluding hydrogens is 358 g/mol. The lowest BCUT2D eigenvalue weighted by Crippen LogP contribution is -2.44. The van der Waals surface area contributed by atoms with Crippen LogP contribution < -0.4 is 0 Å². The van der Waals surface area contributed by atoms with Crippen molar-refractivity contribution >= 4 is 11.8 Å². The molecule has 0 aromatic heterocycles. The number of thioether (sulfide) groups is 1. The number of rotatable bonds is 5. The third-order valence-electron chi connectivity index (χ3n) is 3.88. The maximum atomic E-state index is 9.80. The number of nitrogens with zero attached hydrogens (tertiary/aromatic N) is 1. The molecule has 0 aromatic rings. The van der Waals surface area contributed by atoms with Crippen LogP contribution in [0.2, 0.25) is 0 Å². The zero-order valence-corrected chi connectivity index (χ0v) is 17.2. The summed E-state index contributed by atoms with van der Waals surface area (Å²) in [5.41, 5.74) is 0. The van der Waals surface area contributed by atoms with E-state index in [-0.39, 0.29) is 12.6 Å². The van der Waals surface area contributed by atoms with Crippen LogP contribution in [0.5, 0.6) is 0 Å². The summed E-state index contributed by atoms with van der Waals surface area (Å²) in [6.07, 6.45) is 0. The Morgan fingerprint density at radius 2 is 1.12 bits per heavy atom. The first kappa shape index (κ1) is 24.1. The predicted molar refractivity (Wildman–Crippen MR) is 104 cm³/mol. The maximum absolute atomic E-state index is 9.80. The molecule has 0 spiro atoms. The molecule has 1 atom stereocenters. The fourth-order valence-electron chi connectivity index (χ4n) is 2.40. The van der Waals surface area contributed by atoms with Gasteiger partial charge >= 0.3 is 0 Å². The molecule has 1 N–H and O–H groups in total. The minimum Gasteiger partial charge on any atom is -0.395 e. The Kier molecular flexibility index (Phi) is 15.9. The fraction of sp³-hybridized carbons (Fsp3) is 1.00. The summed E-state index contributed by atoms with van der Waals surface area (Å²) in [6.45, 7) is 11.8. The molecule has 0 radical (unpaired) electrons. The van der Waals surface area contributed by atoms with E-state index in [4.69, 9.17) is 23.7 Å². The molecule has 1 saturated heterocycles. The van der Waals surface area contributed by atoms with E-state index in [1.807, 2.05) is 11.8 Å². The first-order valence-electron chi connectivity index (χ1n) is 9.59. The molecule has 0 saturated carbocycles. The van der Waals surface area contributed by atoms with E-state index in [9.17, 15) is 5.11 Å². The Hall–Kier alpha value is 0.0700. The molecule has 8 heteroatoms. The van der Waals surface area contributed by atoms with Crippen molar-refractivity contribution in [3.63, 3.8) is 0 Å². The quantitative estimate of drug-likeness (QED) is 0.736. The molecule has 1 fully saturated rings. The molecule has 0 unspecified atom stereocenters. The Labute approximate surface area is 162 Å². The van der Waals surface area contributed by atoms with Gasteiger partial charge in [-0.2, -0.15) is 11.8 Å². The van der Waals surface area contributed by atoms with Crippen LogP contribution in [0.15, 0.2) is 0 Å². The molecule has 1 aliphatic heterocycles. The van der Waals surface area contributed by atoms with Gasteiger partial charge in [-0.1, -0.05) is 13.8 Å². The Morgan fingerprint density at radius 3 is 1.46 bits per heavy atom. The highest BCUT2D eigenvalue weighted by molar-refractivity contribution is 7.99. The lowest BCUT2D eigenvalue weighted by atomic mass is 10.3. The normalized spacial score (nSPS) is 22.6. The highest BCUT2D eigenvalue weighted by Gasteiger charge is 2.18. The lowest BCUT2D eigenvalue weighted by Gasteiger charge is -2.30. The summed E-state index contributed by atoms with van der Waals surface area (Å²) >= 11 is 1.87. The minimum absolute atomic E-state index is 0.116. The minimum atomic E-state index is 0.116. The standard InChI is InChI=1S/C18H37NO6S/c1-17(2)26-16-18(15-20)19-3-5-21-7-9-23-11-13-25-14-12-24-10-8-22-6-4-19/h17-18,20H,3-16H2,1-2H3/t18-/m1/s1. The average Bonchev–Trinajstić information content (AvgIpc) is 2.63. The van der Waals surface area contributed by atoms with Gasteiger partial charge in [-0.05, 0) is 5.25 Å². The summed E-state index contributed by atoms with van der Waals surface area (Å²) < 4.78 is 27.7. The third-order valence-corrected chi connectivity index (χ3v) is 5.13. The van der Waals surface area contributed by atoms with Gasteiger partial charge in [0.15, 0.2) is 0 Å². The fourth-order valence-corrected chi connectivity index (χ4v) is 3.32. The van der Waals surface area contributed by atoms with Gasteiger partial charge in [0.05, 0.1) is 72.7 Å². The summed E-state index contributed by atoms with van der Waals surface area (Å²) in [5, 5.41) is 10.4. The van der Waals surface area contributed by atoms with Crippen molar-refractivity contribution in [2.45, 2.75) is 25.1 Å². The van der Waals surface area contributed by atoms with Gasteiger partial charge < -0.3 is 28.8 Å².